The Labute approximate surface area is 138 Å². The van der Waals surface area contributed by atoms with Crippen LogP contribution in [0.4, 0.5) is 18.2 Å². The molecule has 1 aromatic rings. The van der Waals surface area contributed by atoms with Crippen molar-refractivity contribution in [2.24, 2.45) is 0 Å². The van der Waals surface area contributed by atoms with Crippen LogP contribution in [0.2, 0.25) is 0 Å². The van der Waals surface area contributed by atoms with Crippen LogP contribution in [0, 0.1) is 6.92 Å². The Balaban J connectivity index is 2.94. The standard InChI is InChI=1S/C15H21F3N2S2/c1-6-19(5)12(4)13-11(3)10-21-14(13)20(7-2)8-9-22-15(16,17)18/h7,10H,2,4,6,8-9H2,1,3,5H3. The van der Waals surface area contributed by atoms with Crippen LogP contribution in [0.5, 0.6) is 0 Å². The van der Waals surface area contributed by atoms with Crippen molar-refractivity contribution < 1.29 is 13.2 Å². The molecular formula is C15H21F3N2S2. The predicted molar refractivity (Wildman–Crippen MR) is 92.5 cm³/mol. The molecule has 0 fully saturated rings. The lowest BCUT2D eigenvalue weighted by Crippen LogP contribution is -2.22. The van der Waals surface area contributed by atoms with Gasteiger partial charge in [-0.1, -0.05) is 13.2 Å². The fourth-order valence-electron chi connectivity index (χ4n) is 1.91. The number of thioether (sulfide) groups is 1. The first kappa shape index (κ1) is 19.0. The van der Waals surface area contributed by atoms with Gasteiger partial charge in [-0.3, -0.25) is 0 Å². The molecule has 0 saturated heterocycles. The van der Waals surface area contributed by atoms with Crippen LogP contribution >= 0.6 is 23.1 Å². The minimum Gasteiger partial charge on any atom is -0.375 e. The lowest BCUT2D eigenvalue weighted by molar-refractivity contribution is -0.0327. The van der Waals surface area contributed by atoms with Crippen molar-refractivity contribution in [3.63, 3.8) is 0 Å². The number of hydrogen-bond acceptors (Lipinski definition) is 4. The third-order valence-electron chi connectivity index (χ3n) is 3.26. The number of anilines is 1. The molecule has 2 nitrogen and oxygen atoms in total. The lowest BCUT2D eigenvalue weighted by atomic mass is 10.1. The summed E-state index contributed by atoms with van der Waals surface area (Å²) in [7, 11) is 1.95. The second-order valence-electron chi connectivity index (χ2n) is 4.73. The molecule has 0 N–H and O–H groups in total. The highest BCUT2D eigenvalue weighted by Crippen LogP contribution is 2.37. The molecule has 0 atom stereocenters. The first-order valence-corrected chi connectivity index (χ1v) is 8.66. The van der Waals surface area contributed by atoms with E-state index < -0.39 is 5.51 Å². The van der Waals surface area contributed by atoms with Crippen molar-refractivity contribution in [2.75, 3.05) is 30.8 Å². The van der Waals surface area contributed by atoms with Crippen LogP contribution in [-0.4, -0.2) is 36.3 Å². The molecule has 22 heavy (non-hydrogen) atoms. The molecule has 0 aliphatic heterocycles. The number of halogens is 3. The summed E-state index contributed by atoms with van der Waals surface area (Å²) in [5, 5.41) is 2.88. The second kappa shape index (κ2) is 7.97. The first-order valence-electron chi connectivity index (χ1n) is 6.79. The second-order valence-corrected chi connectivity index (χ2v) is 6.75. The Kier molecular flexibility index (Phi) is 6.87. The fraction of sp³-hybridized carbons (Fsp3) is 0.467. The summed E-state index contributed by atoms with van der Waals surface area (Å²) >= 11 is 1.49. The minimum absolute atomic E-state index is 0.0139. The van der Waals surface area contributed by atoms with Crippen molar-refractivity contribution >= 4 is 33.8 Å². The van der Waals surface area contributed by atoms with E-state index >= 15 is 0 Å². The Morgan fingerprint density at radius 1 is 1.45 bits per heavy atom. The number of alkyl halides is 3. The fourth-order valence-corrected chi connectivity index (χ4v) is 3.53. The Hall–Kier alpha value is -1.08. The quantitative estimate of drug-likeness (QED) is 0.638. The maximum atomic E-state index is 12.3. The predicted octanol–water partition coefficient (Wildman–Crippen LogP) is 5.18. The monoisotopic (exact) mass is 350 g/mol. The zero-order chi connectivity index (χ0) is 16.9. The van der Waals surface area contributed by atoms with Gasteiger partial charge in [-0.25, -0.2) is 0 Å². The third-order valence-corrected chi connectivity index (χ3v) is 5.11. The van der Waals surface area contributed by atoms with Crippen LogP contribution in [-0.2, 0) is 0 Å². The van der Waals surface area contributed by atoms with E-state index in [-0.39, 0.29) is 24.1 Å². The summed E-state index contributed by atoms with van der Waals surface area (Å²) in [4.78, 5) is 3.78. The normalized spacial score (nSPS) is 11.4. The molecule has 7 heteroatoms. The molecule has 0 aliphatic carbocycles. The van der Waals surface area contributed by atoms with E-state index in [0.717, 1.165) is 28.4 Å². The van der Waals surface area contributed by atoms with Gasteiger partial charge in [0.15, 0.2) is 0 Å². The van der Waals surface area contributed by atoms with Crippen molar-refractivity contribution in [1.82, 2.24) is 4.90 Å². The Morgan fingerprint density at radius 3 is 2.59 bits per heavy atom. The SMILES string of the molecule is C=CN(CCSC(F)(F)F)c1scc(C)c1C(=C)N(C)CC. The van der Waals surface area contributed by atoms with Crippen molar-refractivity contribution in [1.29, 1.82) is 0 Å². The highest BCUT2D eigenvalue weighted by Gasteiger charge is 2.28. The maximum absolute atomic E-state index is 12.3. The van der Waals surface area contributed by atoms with Crippen LogP contribution < -0.4 is 4.90 Å². The largest absolute Gasteiger partial charge is 0.441 e. The van der Waals surface area contributed by atoms with E-state index in [1.807, 2.05) is 31.2 Å². The molecule has 1 aromatic heterocycles. The molecule has 1 rings (SSSR count). The third kappa shape index (κ3) is 4.98. The highest BCUT2D eigenvalue weighted by molar-refractivity contribution is 8.00. The van der Waals surface area contributed by atoms with Gasteiger partial charge in [-0.2, -0.15) is 13.2 Å². The number of hydrogen-bond donors (Lipinski definition) is 0. The number of rotatable bonds is 8. The molecule has 0 aliphatic rings. The number of aryl methyl sites for hydroxylation is 1. The van der Waals surface area contributed by atoms with Gasteiger partial charge in [0.1, 0.15) is 5.00 Å². The van der Waals surface area contributed by atoms with E-state index in [0.29, 0.717) is 0 Å². The molecule has 0 amide bonds. The number of nitrogens with zero attached hydrogens (tertiary/aromatic N) is 2. The zero-order valence-corrected chi connectivity index (χ0v) is 14.7. The van der Waals surface area contributed by atoms with E-state index in [9.17, 15) is 13.2 Å². The van der Waals surface area contributed by atoms with Crippen LogP contribution in [0.1, 0.15) is 18.1 Å². The summed E-state index contributed by atoms with van der Waals surface area (Å²) in [5.41, 5.74) is -1.29. The summed E-state index contributed by atoms with van der Waals surface area (Å²) in [6.45, 7) is 12.9. The lowest BCUT2D eigenvalue weighted by Gasteiger charge is -2.25. The van der Waals surface area contributed by atoms with Crippen LogP contribution in [0.15, 0.2) is 24.7 Å². The molecule has 0 bridgehead atoms. The number of thiophene rings is 1. The molecule has 0 radical (unpaired) electrons. The van der Waals surface area contributed by atoms with Gasteiger partial charge >= 0.3 is 5.51 Å². The smallest absolute Gasteiger partial charge is 0.375 e. The average molecular weight is 350 g/mol. The van der Waals surface area contributed by atoms with Gasteiger partial charge in [-0.05, 0) is 42.8 Å². The first-order chi connectivity index (χ1) is 10.2. The van der Waals surface area contributed by atoms with E-state index in [4.69, 9.17) is 0 Å². The summed E-state index contributed by atoms with van der Waals surface area (Å²) in [5.74, 6) is -0.0397. The Bertz CT molecular complexity index is 523. The van der Waals surface area contributed by atoms with Gasteiger partial charge in [-0.15, -0.1) is 11.3 Å². The molecule has 0 saturated carbocycles. The highest BCUT2D eigenvalue weighted by atomic mass is 32.2. The zero-order valence-electron chi connectivity index (χ0n) is 13.0. The minimum atomic E-state index is -4.20. The maximum Gasteiger partial charge on any atom is 0.441 e. The summed E-state index contributed by atoms with van der Waals surface area (Å²) in [6.07, 6.45) is 1.57. The molecule has 124 valence electrons. The van der Waals surface area contributed by atoms with Gasteiger partial charge in [0.2, 0.25) is 0 Å². The van der Waals surface area contributed by atoms with Crippen molar-refractivity contribution in [2.45, 2.75) is 19.4 Å². The van der Waals surface area contributed by atoms with Gasteiger partial charge < -0.3 is 9.80 Å². The van der Waals surface area contributed by atoms with E-state index in [2.05, 4.69) is 13.2 Å². The van der Waals surface area contributed by atoms with E-state index in [1.54, 1.807) is 11.1 Å². The van der Waals surface area contributed by atoms with Crippen LogP contribution in [0.25, 0.3) is 5.70 Å². The molecule has 0 unspecified atom stereocenters. The van der Waals surface area contributed by atoms with Gasteiger partial charge in [0, 0.05) is 37.2 Å². The van der Waals surface area contributed by atoms with Crippen LogP contribution in [0.3, 0.4) is 0 Å². The molecule has 1 heterocycles. The summed E-state index contributed by atoms with van der Waals surface area (Å²) < 4.78 is 36.8. The van der Waals surface area contributed by atoms with Gasteiger partial charge in [0.25, 0.3) is 0 Å². The topological polar surface area (TPSA) is 6.48 Å². The molecular weight excluding hydrogens is 329 g/mol. The average Bonchev–Trinajstić information content (AvgIpc) is 2.82. The molecule has 0 spiro atoms. The van der Waals surface area contributed by atoms with Gasteiger partial charge in [0.05, 0.1) is 0 Å². The summed E-state index contributed by atoms with van der Waals surface area (Å²) in [6, 6.07) is 0. The van der Waals surface area contributed by atoms with E-state index in [1.165, 1.54) is 11.3 Å². The molecule has 0 aromatic carbocycles. The van der Waals surface area contributed by atoms with Crippen molar-refractivity contribution in [3.8, 4) is 0 Å². The van der Waals surface area contributed by atoms with Crippen molar-refractivity contribution in [3.05, 3.63) is 35.9 Å². The Morgan fingerprint density at radius 2 is 2.09 bits per heavy atom.